The average molecular weight is 206 g/mol. The molecule has 1 heterocycles. The summed E-state index contributed by atoms with van der Waals surface area (Å²) in [7, 11) is 0. The molecule has 1 aromatic carbocycles. The second-order valence-corrected chi connectivity index (χ2v) is 3.18. The van der Waals surface area contributed by atoms with Gasteiger partial charge in [0.2, 0.25) is 5.89 Å². The van der Waals surface area contributed by atoms with Gasteiger partial charge in [0, 0.05) is 0 Å². The van der Waals surface area contributed by atoms with Crippen molar-refractivity contribution in [3.05, 3.63) is 29.7 Å². The van der Waals surface area contributed by atoms with Gasteiger partial charge in [-0.3, -0.25) is 4.79 Å². The smallest absolute Gasteiger partial charge is 0.307 e. The zero-order chi connectivity index (χ0) is 10.8. The van der Waals surface area contributed by atoms with E-state index in [1.165, 1.54) is 0 Å². The Balaban J connectivity index is 2.41. The molecule has 0 radical (unpaired) electrons. The summed E-state index contributed by atoms with van der Waals surface area (Å²) >= 11 is 0. The van der Waals surface area contributed by atoms with Crippen LogP contribution in [0.1, 0.15) is 11.5 Å². The van der Waals surface area contributed by atoms with Gasteiger partial charge >= 0.3 is 5.97 Å². The molecule has 5 nitrogen and oxygen atoms in total. The molecule has 1 aromatic heterocycles. The van der Waals surface area contributed by atoms with Crippen molar-refractivity contribution in [2.75, 3.05) is 0 Å². The maximum Gasteiger partial charge on any atom is 0.307 e. The highest BCUT2D eigenvalue weighted by molar-refractivity contribution is 5.76. The molecule has 0 fully saturated rings. The molecule has 0 saturated carbocycles. The molecule has 3 N–H and O–H groups in total. The molecular weight excluding hydrogens is 196 g/mol. The number of oxazole rings is 1. The molecule has 0 saturated heterocycles. The van der Waals surface area contributed by atoms with Crippen LogP contribution in [-0.2, 0) is 17.8 Å². The van der Waals surface area contributed by atoms with Crippen LogP contribution in [-0.4, -0.2) is 16.1 Å². The zero-order valence-corrected chi connectivity index (χ0v) is 7.93. The number of hydrogen-bond acceptors (Lipinski definition) is 4. The lowest BCUT2D eigenvalue weighted by atomic mass is 10.1. The quantitative estimate of drug-likeness (QED) is 0.779. The van der Waals surface area contributed by atoms with E-state index in [1.54, 1.807) is 18.2 Å². The molecule has 2 aromatic rings. The molecule has 0 unspecified atom stereocenters. The van der Waals surface area contributed by atoms with Gasteiger partial charge in [0.15, 0.2) is 5.58 Å². The second-order valence-electron chi connectivity index (χ2n) is 3.18. The zero-order valence-electron chi connectivity index (χ0n) is 7.93. The first-order chi connectivity index (χ1) is 7.19. The predicted octanol–water partition coefficient (Wildman–Crippen LogP) is 0.914. The van der Waals surface area contributed by atoms with E-state index in [0.717, 1.165) is 0 Å². The number of carboxylic acids is 1. The van der Waals surface area contributed by atoms with Crippen LogP contribution in [0.15, 0.2) is 22.6 Å². The third-order valence-electron chi connectivity index (χ3n) is 2.03. The first-order valence-corrected chi connectivity index (χ1v) is 4.49. The van der Waals surface area contributed by atoms with E-state index in [-0.39, 0.29) is 13.0 Å². The fourth-order valence-corrected chi connectivity index (χ4v) is 1.39. The first kappa shape index (κ1) is 9.67. The van der Waals surface area contributed by atoms with Crippen LogP contribution >= 0.6 is 0 Å². The molecule has 0 amide bonds. The van der Waals surface area contributed by atoms with Gasteiger partial charge in [-0.2, -0.15) is 0 Å². The third-order valence-corrected chi connectivity index (χ3v) is 2.03. The van der Waals surface area contributed by atoms with Crippen molar-refractivity contribution in [1.29, 1.82) is 0 Å². The van der Waals surface area contributed by atoms with Crippen molar-refractivity contribution in [2.45, 2.75) is 13.0 Å². The van der Waals surface area contributed by atoms with E-state index in [1.807, 2.05) is 0 Å². The van der Waals surface area contributed by atoms with Crippen LogP contribution in [0.25, 0.3) is 11.1 Å². The lowest BCUT2D eigenvalue weighted by Gasteiger charge is -1.94. The van der Waals surface area contributed by atoms with Crippen LogP contribution < -0.4 is 5.73 Å². The number of nitrogens with two attached hydrogens (primary N) is 1. The minimum Gasteiger partial charge on any atom is -0.481 e. The number of aromatic nitrogens is 1. The third kappa shape index (κ3) is 1.97. The van der Waals surface area contributed by atoms with E-state index in [2.05, 4.69) is 4.98 Å². The summed E-state index contributed by atoms with van der Waals surface area (Å²) < 4.78 is 5.29. The van der Waals surface area contributed by atoms with E-state index in [9.17, 15) is 4.79 Å². The van der Waals surface area contributed by atoms with Gasteiger partial charge in [-0.05, 0) is 17.7 Å². The summed E-state index contributed by atoms with van der Waals surface area (Å²) in [6, 6.07) is 5.12. The Kier molecular flexibility index (Phi) is 2.39. The van der Waals surface area contributed by atoms with E-state index in [4.69, 9.17) is 15.3 Å². The van der Waals surface area contributed by atoms with Crippen LogP contribution in [0.5, 0.6) is 0 Å². The van der Waals surface area contributed by atoms with Crippen molar-refractivity contribution >= 4 is 17.1 Å². The number of hydrogen-bond donors (Lipinski definition) is 2. The highest BCUT2D eigenvalue weighted by Crippen LogP contribution is 2.17. The van der Waals surface area contributed by atoms with E-state index >= 15 is 0 Å². The van der Waals surface area contributed by atoms with Gasteiger partial charge in [-0.1, -0.05) is 6.07 Å². The maximum absolute atomic E-state index is 10.5. The molecular formula is C10H10N2O3. The lowest BCUT2D eigenvalue weighted by molar-refractivity contribution is -0.136. The monoisotopic (exact) mass is 206 g/mol. The molecule has 0 aliphatic heterocycles. The summed E-state index contributed by atoms with van der Waals surface area (Å²) in [4.78, 5) is 14.6. The first-order valence-electron chi connectivity index (χ1n) is 4.49. The molecule has 2 rings (SSSR count). The molecule has 15 heavy (non-hydrogen) atoms. The maximum atomic E-state index is 10.5. The van der Waals surface area contributed by atoms with Crippen LogP contribution in [0.3, 0.4) is 0 Å². The largest absolute Gasteiger partial charge is 0.481 e. The summed E-state index contributed by atoms with van der Waals surface area (Å²) in [6.07, 6.45) is -0.0131. The van der Waals surface area contributed by atoms with Gasteiger partial charge < -0.3 is 15.3 Å². The summed E-state index contributed by atoms with van der Waals surface area (Å²) in [6.45, 7) is 0.239. The minimum absolute atomic E-state index is 0.0131. The van der Waals surface area contributed by atoms with Crippen molar-refractivity contribution in [3.63, 3.8) is 0 Å². The standard InChI is InChI=1S/C10H10N2O3/c11-5-9-12-7-3-6(4-10(13)14)1-2-8(7)15-9/h1-3H,4-5,11H2,(H,13,14). The fourth-order valence-electron chi connectivity index (χ4n) is 1.39. The molecule has 78 valence electrons. The number of nitrogens with zero attached hydrogens (tertiary/aromatic N) is 1. The molecule has 0 atom stereocenters. The normalized spacial score (nSPS) is 10.7. The fraction of sp³-hybridized carbons (Fsp3) is 0.200. The molecule has 5 heteroatoms. The van der Waals surface area contributed by atoms with Gasteiger partial charge in [0.1, 0.15) is 5.52 Å². The summed E-state index contributed by atoms with van der Waals surface area (Å²) in [5, 5.41) is 8.63. The topological polar surface area (TPSA) is 89.3 Å². The van der Waals surface area contributed by atoms with Gasteiger partial charge in [-0.25, -0.2) is 4.98 Å². The van der Waals surface area contributed by atoms with Crippen molar-refractivity contribution in [2.24, 2.45) is 5.73 Å². The Morgan fingerprint density at radius 1 is 1.53 bits per heavy atom. The summed E-state index contributed by atoms with van der Waals surface area (Å²) in [5.74, 6) is -0.408. The Morgan fingerprint density at radius 2 is 2.33 bits per heavy atom. The van der Waals surface area contributed by atoms with Gasteiger partial charge in [0.25, 0.3) is 0 Å². The highest BCUT2D eigenvalue weighted by atomic mass is 16.4. The molecule has 0 spiro atoms. The Morgan fingerprint density at radius 3 is 3.00 bits per heavy atom. The predicted molar refractivity (Wildman–Crippen MR) is 53.2 cm³/mol. The van der Waals surface area contributed by atoms with Gasteiger partial charge in [-0.15, -0.1) is 0 Å². The molecule has 0 aliphatic rings. The SMILES string of the molecule is NCc1nc2cc(CC(=O)O)ccc2o1. The molecule has 0 aliphatic carbocycles. The Hall–Kier alpha value is -1.88. The second kappa shape index (κ2) is 3.70. The van der Waals surface area contributed by atoms with E-state index < -0.39 is 5.97 Å². The van der Waals surface area contributed by atoms with Gasteiger partial charge in [0.05, 0.1) is 13.0 Å². The Labute approximate surface area is 85.5 Å². The number of benzene rings is 1. The van der Waals surface area contributed by atoms with Crippen LogP contribution in [0.2, 0.25) is 0 Å². The number of rotatable bonds is 3. The Bertz CT molecular complexity index is 504. The van der Waals surface area contributed by atoms with Crippen molar-refractivity contribution < 1.29 is 14.3 Å². The average Bonchev–Trinajstić information content (AvgIpc) is 2.58. The van der Waals surface area contributed by atoms with Crippen LogP contribution in [0, 0.1) is 0 Å². The number of carboxylic acid groups (broad SMARTS) is 1. The van der Waals surface area contributed by atoms with Crippen LogP contribution in [0.4, 0.5) is 0 Å². The highest BCUT2D eigenvalue weighted by Gasteiger charge is 2.06. The van der Waals surface area contributed by atoms with Crippen molar-refractivity contribution in [3.8, 4) is 0 Å². The number of carbonyl (C=O) groups is 1. The van der Waals surface area contributed by atoms with E-state index in [0.29, 0.717) is 22.6 Å². The summed E-state index contributed by atoms with van der Waals surface area (Å²) in [5.41, 5.74) is 7.36. The lowest BCUT2D eigenvalue weighted by Crippen LogP contribution is -1.99. The number of aliphatic carboxylic acids is 1. The number of fused-ring (bicyclic) bond motifs is 1. The minimum atomic E-state index is -0.864. The molecule has 0 bridgehead atoms. The van der Waals surface area contributed by atoms with Crippen molar-refractivity contribution in [1.82, 2.24) is 4.98 Å².